The summed E-state index contributed by atoms with van der Waals surface area (Å²) < 4.78 is 51.1. The summed E-state index contributed by atoms with van der Waals surface area (Å²) in [5.74, 6) is -0.222. The molecule has 0 amide bonds. The summed E-state index contributed by atoms with van der Waals surface area (Å²) in [5.41, 5.74) is 0.681. The number of nitrogens with zero attached hydrogens (tertiary/aromatic N) is 1. The smallest absolute Gasteiger partial charge is 0.416 e. The number of halogens is 5. The fraction of sp³-hybridized carbons (Fsp3) is 0.217. The third-order valence-corrected chi connectivity index (χ3v) is 5.51. The Morgan fingerprint density at radius 1 is 1.12 bits per heavy atom. The summed E-state index contributed by atoms with van der Waals surface area (Å²) in [6, 6.07) is 11.1. The molecular formula is C23H19BrClF3N2O4. The first-order valence-electron chi connectivity index (χ1n) is 9.98. The third-order valence-electron chi connectivity index (χ3n) is 4.74. The van der Waals surface area contributed by atoms with Crippen molar-refractivity contribution in [3.05, 3.63) is 84.8 Å². The molecule has 0 saturated carbocycles. The van der Waals surface area contributed by atoms with Gasteiger partial charge in [-0.25, -0.2) is 0 Å². The lowest BCUT2D eigenvalue weighted by Gasteiger charge is -2.16. The highest BCUT2D eigenvalue weighted by molar-refractivity contribution is 9.10. The van der Waals surface area contributed by atoms with Gasteiger partial charge in [0.15, 0.2) is 11.5 Å². The predicted molar refractivity (Wildman–Crippen MR) is 127 cm³/mol. The van der Waals surface area contributed by atoms with Crippen molar-refractivity contribution in [3.63, 3.8) is 0 Å². The lowest BCUT2D eigenvalue weighted by molar-refractivity contribution is -0.385. The number of hydrogen-bond donors (Lipinski definition) is 1. The van der Waals surface area contributed by atoms with E-state index in [1.165, 1.54) is 0 Å². The Bertz CT molecular complexity index is 1220. The summed E-state index contributed by atoms with van der Waals surface area (Å²) in [6.07, 6.45) is -4.74. The molecule has 180 valence electrons. The lowest BCUT2D eigenvalue weighted by atomic mass is 10.1. The van der Waals surface area contributed by atoms with Gasteiger partial charge in [-0.05, 0) is 67.4 Å². The molecule has 34 heavy (non-hydrogen) atoms. The van der Waals surface area contributed by atoms with Crippen LogP contribution in [-0.4, -0.2) is 11.5 Å². The molecule has 3 aromatic rings. The molecular weight excluding hydrogens is 541 g/mol. The van der Waals surface area contributed by atoms with E-state index in [1.54, 1.807) is 19.1 Å². The molecule has 0 aliphatic heterocycles. The van der Waals surface area contributed by atoms with Crippen molar-refractivity contribution in [1.29, 1.82) is 0 Å². The van der Waals surface area contributed by atoms with Crippen LogP contribution in [0.3, 0.4) is 0 Å². The first-order chi connectivity index (χ1) is 16.0. The molecule has 0 aliphatic rings. The summed E-state index contributed by atoms with van der Waals surface area (Å²) >= 11 is 9.82. The van der Waals surface area contributed by atoms with Crippen LogP contribution in [0.1, 0.15) is 23.6 Å². The molecule has 3 rings (SSSR count). The van der Waals surface area contributed by atoms with Crippen molar-refractivity contribution >= 4 is 38.9 Å². The van der Waals surface area contributed by atoms with E-state index in [0.717, 1.165) is 27.4 Å². The minimum Gasteiger partial charge on any atom is -0.490 e. The van der Waals surface area contributed by atoms with Crippen LogP contribution >= 0.6 is 27.5 Å². The fourth-order valence-corrected chi connectivity index (χ4v) is 3.89. The normalized spacial score (nSPS) is 11.3. The molecule has 0 aliphatic carbocycles. The molecule has 0 spiro atoms. The highest BCUT2D eigenvalue weighted by Crippen LogP contribution is 2.43. The number of hydrogen-bond acceptors (Lipinski definition) is 5. The van der Waals surface area contributed by atoms with Crippen LogP contribution in [0.15, 0.2) is 53.0 Å². The Labute approximate surface area is 206 Å². The number of anilines is 1. The van der Waals surface area contributed by atoms with E-state index < -0.39 is 28.1 Å². The molecule has 0 fully saturated rings. The lowest BCUT2D eigenvalue weighted by Crippen LogP contribution is -2.06. The minimum absolute atomic E-state index is 0.0325. The van der Waals surface area contributed by atoms with Gasteiger partial charge in [-0.15, -0.1) is 0 Å². The van der Waals surface area contributed by atoms with Crippen molar-refractivity contribution in [2.75, 3.05) is 11.9 Å². The average molecular weight is 560 g/mol. The Hall–Kier alpha value is -2.98. The number of benzene rings is 3. The standard InChI is InChI=1S/C23H19BrClF3N2O4/c1-3-33-21-10-14(12-29-18-6-5-16(24)8-13(18)2)9-17(25)22(21)34-20-7-4-15(23(26,27)28)11-19(20)30(31)32/h4-11,29H,3,12H2,1-2H3. The van der Waals surface area contributed by atoms with Gasteiger partial charge in [0.2, 0.25) is 5.75 Å². The highest BCUT2D eigenvalue weighted by atomic mass is 79.9. The Balaban J connectivity index is 1.92. The van der Waals surface area contributed by atoms with Crippen LogP contribution in [0.4, 0.5) is 24.5 Å². The summed E-state index contributed by atoms with van der Waals surface area (Å²) in [4.78, 5) is 10.4. The number of alkyl halides is 3. The van der Waals surface area contributed by atoms with Crippen LogP contribution in [0.25, 0.3) is 0 Å². The van der Waals surface area contributed by atoms with Crippen molar-refractivity contribution in [2.24, 2.45) is 0 Å². The monoisotopic (exact) mass is 558 g/mol. The van der Waals surface area contributed by atoms with Crippen LogP contribution in [0, 0.1) is 17.0 Å². The summed E-state index contributed by atoms with van der Waals surface area (Å²) in [7, 11) is 0. The van der Waals surface area contributed by atoms with E-state index in [9.17, 15) is 23.3 Å². The van der Waals surface area contributed by atoms with Gasteiger partial charge in [0.25, 0.3) is 0 Å². The van der Waals surface area contributed by atoms with E-state index >= 15 is 0 Å². The van der Waals surface area contributed by atoms with E-state index in [1.807, 2.05) is 25.1 Å². The Morgan fingerprint density at radius 3 is 2.47 bits per heavy atom. The number of ether oxygens (including phenoxy) is 2. The van der Waals surface area contributed by atoms with Crippen molar-refractivity contribution < 1.29 is 27.6 Å². The fourth-order valence-electron chi connectivity index (χ4n) is 3.14. The van der Waals surface area contributed by atoms with Gasteiger partial charge in [0.05, 0.1) is 22.1 Å². The van der Waals surface area contributed by atoms with Crippen molar-refractivity contribution in [3.8, 4) is 17.2 Å². The molecule has 1 N–H and O–H groups in total. The van der Waals surface area contributed by atoms with Gasteiger partial charge >= 0.3 is 11.9 Å². The molecule has 0 heterocycles. The largest absolute Gasteiger partial charge is 0.490 e. The first kappa shape index (κ1) is 25.6. The molecule has 11 heteroatoms. The zero-order valence-electron chi connectivity index (χ0n) is 18.0. The number of nitro groups is 1. The van der Waals surface area contributed by atoms with Crippen molar-refractivity contribution in [1.82, 2.24) is 0 Å². The summed E-state index contributed by atoms with van der Waals surface area (Å²) in [5, 5.41) is 14.8. The molecule has 0 saturated heterocycles. The predicted octanol–water partition coefficient (Wildman–Crippen LogP) is 8.14. The Kier molecular flexibility index (Phi) is 7.93. The Morgan fingerprint density at radius 2 is 1.85 bits per heavy atom. The molecule has 3 aromatic carbocycles. The van der Waals surface area contributed by atoms with Gasteiger partial charge in [0, 0.05) is 22.8 Å². The first-order valence-corrected chi connectivity index (χ1v) is 11.2. The zero-order valence-corrected chi connectivity index (χ0v) is 20.3. The highest BCUT2D eigenvalue weighted by Gasteiger charge is 2.33. The number of nitro benzene ring substituents is 1. The molecule has 0 atom stereocenters. The molecule has 0 unspecified atom stereocenters. The molecule has 0 aromatic heterocycles. The van der Waals surface area contributed by atoms with Gasteiger partial charge in [-0.2, -0.15) is 13.2 Å². The maximum atomic E-state index is 13.0. The number of nitrogens with one attached hydrogen (secondary N) is 1. The maximum absolute atomic E-state index is 13.0. The quantitative estimate of drug-likeness (QED) is 0.223. The average Bonchev–Trinajstić information content (AvgIpc) is 2.75. The minimum atomic E-state index is -4.74. The van der Waals surface area contributed by atoms with Gasteiger partial charge in [0.1, 0.15) is 0 Å². The van der Waals surface area contributed by atoms with Crippen LogP contribution in [0.2, 0.25) is 5.02 Å². The second kappa shape index (κ2) is 10.5. The van der Waals surface area contributed by atoms with Gasteiger partial charge in [-0.1, -0.05) is 27.5 Å². The second-order valence-electron chi connectivity index (χ2n) is 7.19. The molecule has 0 bridgehead atoms. The van der Waals surface area contributed by atoms with E-state index in [-0.39, 0.29) is 23.1 Å². The van der Waals surface area contributed by atoms with Crippen LogP contribution < -0.4 is 14.8 Å². The second-order valence-corrected chi connectivity index (χ2v) is 8.51. The SMILES string of the molecule is CCOc1cc(CNc2ccc(Br)cc2C)cc(Cl)c1Oc1ccc(C(F)(F)F)cc1[N+](=O)[O-]. The topological polar surface area (TPSA) is 73.6 Å². The summed E-state index contributed by atoms with van der Waals surface area (Å²) in [6.45, 7) is 4.32. The van der Waals surface area contributed by atoms with Crippen LogP contribution in [-0.2, 0) is 12.7 Å². The van der Waals surface area contributed by atoms with E-state index in [4.69, 9.17) is 21.1 Å². The third kappa shape index (κ3) is 6.12. The molecule has 0 radical (unpaired) electrons. The van der Waals surface area contributed by atoms with Gasteiger partial charge in [-0.3, -0.25) is 10.1 Å². The zero-order chi connectivity index (χ0) is 25.0. The number of aryl methyl sites for hydroxylation is 1. The molecule has 6 nitrogen and oxygen atoms in total. The van der Waals surface area contributed by atoms with Crippen molar-refractivity contribution in [2.45, 2.75) is 26.6 Å². The van der Waals surface area contributed by atoms with E-state index in [2.05, 4.69) is 21.2 Å². The van der Waals surface area contributed by atoms with Gasteiger partial charge < -0.3 is 14.8 Å². The van der Waals surface area contributed by atoms with E-state index in [0.29, 0.717) is 18.7 Å². The number of rotatable bonds is 8. The maximum Gasteiger partial charge on any atom is 0.416 e. The van der Waals surface area contributed by atoms with Crippen LogP contribution in [0.5, 0.6) is 17.2 Å².